The highest BCUT2D eigenvalue weighted by Gasteiger charge is 2.13. The first kappa shape index (κ1) is 15.6. The first-order valence-electron chi connectivity index (χ1n) is 5.67. The zero-order chi connectivity index (χ0) is 15.6. The largest absolute Gasteiger partial charge is 0.478 e. The van der Waals surface area contributed by atoms with E-state index in [1.165, 1.54) is 36.4 Å². The minimum absolute atomic E-state index is 0.0278. The molecular weight excluding hydrogens is 337 g/mol. The SMILES string of the molecule is O=C(O)c1cc(Cl)cc(NC(=O)c2ccc(Cl)cc2Cl)c1. The molecule has 0 saturated heterocycles. The highest BCUT2D eigenvalue weighted by molar-refractivity contribution is 6.37. The predicted octanol–water partition coefficient (Wildman–Crippen LogP) is 4.60. The van der Waals surface area contributed by atoms with Crippen molar-refractivity contribution in [3.8, 4) is 0 Å². The summed E-state index contributed by atoms with van der Waals surface area (Å²) in [6.45, 7) is 0. The van der Waals surface area contributed by atoms with E-state index in [9.17, 15) is 9.59 Å². The maximum atomic E-state index is 12.1. The van der Waals surface area contributed by atoms with Gasteiger partial charge in [0.1, 0.15) is 0 Å². The number of aromatic carboxylic acids is 1. The topological polar surface area (TPSA) is 66.4 Å². The van der Waals surface area contributed by atoms with Gasteiger partial charge in [-0.1, -0.05) is 34.8 Å². The van der Waals surface area contributed by atoms with Crippen molar-refractivity contribution < 1.29 is 14.7 Å². The Kier molecular flexibility index (Phi) is 4.73. The summed E-state index contributed by atoms with van der Waals surface area (Å²) in [4.78, 5) is 23.1. The molecule has 0 radical (unpaired) electrons. The zero-order valence-corrected chi connectivity index (χ0v) is 12.6. The number of carboxylic acid groups (broad SMARTS) is 1. The minimum atomic E-state index is -1.14. The van der Waals surface area contributed by atoms with Crippen LogP contribution in [0.2, 0.25) is 15.1 Å². The van der Waals surface area contributed by atoms with Crippen LogP contribution < -0.4 is 5.32 Å². The van der Waals surface area contributed by atoms with Crippen LogP contribution in [0.25, 0.3) is 0 Å². The molecule has 0 fully saturated rings. The van der Waals surface area contributed by atoms with E-state index in [0.29, 0.717) is 5.02 Å². The van der Waals surface area contributed by atoms with Crippen LogP contribution in [0.4, 0.5) is 5.69 Å². The second-order valence-corrected chi connectivity index (χ2v) is 5.39. The molecule has 4 nitrogen and oxygen atoms in total. The van der Waals surface area contributed by atoms with E-state index in [0.717, 1.165) is 0 Å². The third-order valence-electron chi connectivity index (χ3n) is 2.58. The standard InChI is InChI=1S/C14H8Cl3NO3/c15-8-1-2-11(12(17)6-8)13(19)18-10-4-7(14(20)21)3-9(16)5-10/h1-6H,(H,18,19)(H,20,21). The first-order chi connectivity index (χ1) is 9.86. The number of benzene rings is 2. The van der Waals surface area contributed by atoms with E-state index in [1.807, 2.05) is 0 Å². The number of halogens is 3. The molecule has 0 atom stereocenters. The van der Waals surface area contributed by atoms with Gasteiger partial charge in [-0.25, -0.2) is 4.79 Å². The second kappa shape index (κ2) is 6.35. The Morgan fingerprint density at radius 3 is 2.29 bits per heavy atom. The number of hydrogen-bond donors (Lipinski definition) is 2. The van der Waals surface area contributed by atoms with Gasteiger partial charge in [-0.2, -0.15) is 0 Å². The third-order valence-corrected chi connectivity index (χ3v) is 3.34. The van der Waals surface area contributed by atoms with Gasteiger partial charge in [0.2, 0.25) is 0 Å². The summed E-state index contributed by atoms with van der Waals surface area (Å²) in [6.07, 6.45) is 0. The Bertz CT molecular complexity index is 731. The van der Waals surface area contributed by atoms with Crippen molar-refractivity contribution in [1.82, 2.24) is 0 Å². The smallest absolute Gasteiger partial charge is 0.335 e. The van der Waals surface area contributed by atoms with Crippen molar-refractivity contribution in [2.75, 3.05) is 5.32 Å². The van der Waals surface area contributed by atoms with Gasteiger partial charge in [0.15, 0.2) is 0 Å². The molecule has 0 aliphatic carbocycles. The average Bonchev–Trinajstić information content (AvgIpc) is 2.37. The van der Waals surface area contributed by atoms with Crippen LogP contribution in [0, 0.1) is 0 Å². The molecular formula is C14H8Cl3NO3. The molecule has 0 aliphatic heterocycles. The Balaban J connectivity index is 2.29. The monoisotopic (exact) mass is 343 g/mol. The molecule has 0 saturated carbocycles. The molecule has 108 valence electrons. The van der Waals surface area contributed by atoms with E-state index in [1.54, 1.807) is 0 Å². The van der Waals surface area contributed by atoms with Crippen molar-refractivity contribution in [1.29, 1.82) is 0 Å². The van der Waals surface area contributed by atoms with Crippen molar-refractivity contribution in [2.24, 2.45) is 0 Å². The highest BCUT2D eigenvalue weighted by atomic mass is 35.5. The summed E-state index contributed by atoms with van der Waals surface area (Å²) >= 11 is 17.5. The fraction of sp³-hybridized carbons (Fsp3) is 0. The Labute approximate surface area is 135 Å². The Morgan fingerprint density at radius 1 is 0.952 bits per heavy atom. The van der Waals surface area contributed by atoms with Gasteiger partial charge >= 0.3 is 5.97 Å². The van der Waals surface area contributed by atoms with E-state index in [2.05, 4.69) is 5.32 Å². The van der Waals surface area contributed by atoms with Gasteiger partial charge in [0, 0.05) is 15.7 Å². The van der Waals surface area contributed by atoms with Gasteiger partial charge in [-0.05, 0) is 36.4 Å². The lowest BCUT2D eigenvalue weighted by molar-refractivity contribution is 0.0696. The van der Waals surface area contributed by atoms with E-state index in [-0.39, 0.29) is 26.9 Å². The van der Waals surface area contributed by atoms with E-state index < -0.39 is 11.9 Å². The molecule has 2 aromatic rings. The maximum absolute atomic E-state index is 12.1. The van der Waals surface area contributed by atoms with Crippen LogP contribution in [0.1, 0.15) is 20.7 Å². The van der Waals surface area contributed by atoms with Crippen molar-refractivity contribution in [3.05, 3.63) is 62.6 Å². The van der Waals surface area contributed by atoms with Crippen LogP contribution in [0.3, 0.4) is 0 Å². The summed E-state index contributed by atoms with van der Waals surface area (Å²) in [6, 6.07) is 8.48. The lowest BCUT2D eigenvalue weighted by Crippen LogP contribution is -2.13. The fourth-order valence-electron chi connectivity index (χ4n) is 1.66. The molecule has 0 aromatic heterocycles. The number of carbonyl (C=O) groups is 2. The molecule has 0 bridgehead atoms. The van der Waals surface area contributed by atoms with E-state index in [4.69, 9.17) is 39.9 Å². The number of carbonyl (C=O) groups excluding carboxylic acids is 1. The molecule has 7 heteroatoms. The summed E-state index contributed by atoms with van der Waals surface area (Å²) < 4.78 is 0. The van der Waals surface area contributed by atoms with Gasteiger partial charge in [-0.15, -0.1) is 0 Å². The number of anilines is 1. The van der Waals surface area contributed by atoms with Gasteiger partial charge in [-0.3, -0.25) is 4.79 Å². The minimum Gasteiger partial charge on any atom is -0.478 e. The van der Waals surface area contributed by atoms with Crippen LogP contribution >= 0.6 is 34.8 Å². The normalized spacial score (nSPS) is 10.2. The highest BCUT2D eigenvalue weighted by Crippen LogP contribution is 2.24. The molecule has 0 unspecified atom stereocenters. The molecule has 0 heterocycles. The number of nitrogens with one attached hydrogen (secondary N) is 1. The number of carboxylic acids is 1. The molecule has 0 spiro atoms. The average molecular weight is 345 g/mol. The molecule has 1 amide bonds. The fourth-order valence-corrected chi connectivity index (χ4v) is 2.39. The van der Waals surface area contributed by atoms with Crippen LogP contribution in [-0.2, 0) is 0 Å². The van der Waals surface area contributed by atoms with Gasteiger partial charge in [0.05, 0.1) is 16.1 Å². The van der Waals surface area contributed by atoms with Crippen LogP contribution in [0.15, 0.2) is 36.4 Å². The third kappa shape index (κ3) is 3.88. The predicted molar refractivity (Wildman–Crippen MR) is 82.8 cm³/mol. The number of hydrogen-bond acceptors (Lipinski definition) is 2. The molecule has 2 N–H and O–H groups in total. The summed E-state index contributed by atoms with van der Waals surface area (Å²) in [7, 11) is 0. The lowest BCUT2D eigenvalue weighted by Gasteiger charge is -2.08. The molecule has 0 aliphatic rings. The second-order valence-electron chi connectivity index (χ2n) is 4.11. The van der Waals surface area contributed by atoms with Crippen LogP contribution in [0.5, 0.6) is 0 Å². The summed E-state index contributed by atoms with van der Waals surface area (Å²) in [5.41, 5.74) is 0.453. The zero-order valence-electron chi connectivity index (χ0n) is 10.4. The molecule has 2 aromatic carbocycles. The Hall–Kier alpha value is -1.75. The number of rotatable bonds is 3. The van der Waals surface area contributed by atoms with Gasteiger partial charge in [0.25, 0.3) is 5.91 Å². The first-order valence-corrected chi connectivity index (χ1v) is 6.80. The number of amides is 1. The van der Waals surface area contributed by atoms with Crippen molar-refractivity contribution >= 4 is 52.4 Å². The quantitative estimate of drug-likeness (QED) is 0.855. The van der Waals surface area contributed by atoms with E-state index >= 15 is 0 Å². The summed E-state index contributed by atoms with van der Waals surface area (Å²) in [5, 5.41) is 12.3. The Morgan fingerprint density at radius 2 is 1.67 bits per heavy atom. The molecule has 21 heavy (non-hydrogen) atoms. The van der Waals surface area contributed by atoms with Crippen LogP contribution in [-0.4, -0.2) is 17.0 Å². The van der Waals surface area contributed by atoms with Crippen molar-refractivity contribution in [3.63, 3.8) is 0 Å². The molecule has 2 rings (SSSR count). The lowest BCUT2D eigenvalue weighted by atomic mass is 10.1. The van der Waals surface area contributed by atoms with Gasteiger partial charge < -0.3 is 10.4 Å². The summed E-state index contributed by atoms with van der Waals surface area (Å²) in [5.74, 6) is -1.63. The maximum Gasteiger partial charge on any atom is 0.335 e. The van der Waals surface area contributed by atoms with Crippen molar-refractivity contribution in [2.45, 2.75) is 0 Å².